The van der Waals surface area contributed by atoms with E-state index in [1.165, 1.54) is 13.2 Å². The minimum atomic E-state index is -0.0741. The summed E-state index contributed by atoms with van der Waals surface area (Å²) in [5.74, 6) is 0.312. The van der Waals surface area contributed by atoms with Crippen LogP contribution in [-0.4, -0.2) is 18.0 Å². The fourth-order valence-corrected chi connectivity index (χ4v) is 3.01. The molecule has 0 aliphatic carbocycles. The van der Waals surface area contributed by atoms with E-state index in [0.29, 0.717) is 15.8 Å². The monoisotopic (exact) mass is 382 g/mol. The van der Waals surface area contributed by atoms with E-state index in [1.54, 1.807) is 18.2 Å². The van der Waals surface area contributed by atoms with Crippen LogP contribution in [0.4, 0.5) is 0 Å². The van der Waals surface area contributed by atoms with Crippen molar-refractivity contribution in [3.8, 4) is 11.5 Å². The number of aromatic hydroxyl groups is 1. The molecule has 0 spiro atoms. The number of hydrogen-bond donors (Lipinski definition) is 1. The molecule has 3 rings (SSSR count). The van der Waals surface area contributed by atoms with Crippen LogP contribution in [0.1, 0.15) is 15.9 Å². The number of allylic oxidation sites excluding steroid dienone is 1. The van der Waals surface area contributed by atoms with Crippen molar-refractivity contribution < 1.29 is 14.6 Å². The van der Waals surface area contributed by atoms with Crippen LogP contribution in [0.25, 0.3) is 16.8 Å². The van der Waals surface area contributed by atoms with Crippen molar-refractivity contribution in [3.05, 3.63) is 76.3 Å². The maximum Gasteiger partial charge on any atom is 0.186 e. The molecule has 0 radical (unpaired) electrons. The molecule has 0 atom stereocenters. The number of rotatable bonds is 4. The average molecular weight is 383 g/mol. The Kier molecular flexibility index (Phi) is 4.67. The summed E-state index contributed by atoms with van der Waals surface area (Å²) >= 11 is 3.27. The number of hydrogen-bond acceptors (Lipinski definition) is 3. The van der Waals surface area contributed by atoms with Crippen LogP contribution in [-0.2, 0) is 0 Å². The minimum absolute atomic E-state index is 0.0371. The SMILES string of the molecule is COc1cc(C=CC(=O)c2cccc3ccccc23)cc(Br)c1O. The second-order valence-corrected chi connectivity index (χ2v) is 6.13. The van der Waals surface area contributed by atoms with Crippen LogP contribution in [0.15, 0.2) is 65.1 Å². The first-order chi connectivity index (χ1) is 11.6. The first kappa shape index (κ1) is 16.3. The molecule has 120 valence electrons. The molecule has 0 aliphatic rings. The van der Waals surface area contributed by atoms with E-state index in [-0.39, 0.29) is 11.5 Å². The predicted octanol–water partition coefficient (Wildman–Crippen LogP) is 5.21. The number of phenols is 1. The molecule has 0 heterocycles. The van der Waals surface area contributed by atoms with Gasteiger partial charge in [-0.15, -0.1) is 0 Å². The Labute approximate surface area is 148 Å². The third kappa shape index (κ3) is 3.19. The van der Waals surface area contributed by atoms with Gasteiger partial charge in [0.2, 0.25) is 0 Å². The van der Waals surface area contributed by atoms with Crippen LogP contribution in [0.3, 0.4) is 0 Å². The number of methoxy groups -OCH3 is 1. The van der Waals surface area contributed by atoms with Gasteiger partial charge in [-0.25, -0.2) is 0 Å². The fourth-order valence-electron chi connectivity index (χ4n) is 2.55. The Balaban J connectivity index is 1.94. The zero-order valence-electron chi connectivity index (χ0n) is 13.0. The van der Waals surface area contributed by atoms with Gasteiger partial charge < -0.3 is 9.84 Å². The lowest BCUT2D eigenvalue weighted by Crippen LogP contribution is -1.95. The summed E-state index contributed by atoms with van der Waals surface area (Å²) in [7, 11) is 1.48. The minimum Gasteiger partial charge on any atom is -0.503 e. The van der Waals surface area contributed by atoms with Crippen LogP contribution < -0.4 is 4.74 Å². The average Bonchev–Trinajstić information content (AvgIpc) is 2.61. The molecule has 24 heavy (non-hydrogen) atoms. The molecular formula is C20H15BrO3. The molecule has 3 aromatic carbocycles. The standard InChI is InChI=1S/C20H15BrO3/c1-24-19-12-13(11-17(21)20(19)23)9-10-18(22)16-8-4-6-14-5-2-3-7-15(14)16/h2-12,23H,1H3. The van der Waals surface area contributed by atoms with Crippen molar-refractivity contribution in [2.24, 2.45) is 0 Å². The number of ether oxygens (including phenoxy) is 1. The first-order valence-electron chi connectivity index (χ1n) is 7.37. The van der Waals surface area contributed by atoms with Crippen molar-refractivity contribution in [2.45, 2.75) is 0 Å². The Morgan fingerprint density at radius 3 is 2.67 bits per heavy atom. The van der Waals surface area contributed by atoms with Crippen molar-refractivity contribution in [1.82, 2.24) is 0 Å². The van der Waals surface area contributed by atoms with Gasteiger partial charge in [0.05, 0.1) is 11.6 Å². The van der Waals surface area contributed by atoms with E-state index in [2.05, 4.69) is 15.9 Å². The Hall–Kier alpha value is -2.59. The molecule has 0 aromatic heterocycles. The first-order valence-corrected chi connectivity index (χ1v) is 8.16. The van der Waals surface area contributed by atoms with E-state index in [9.17, 15) is 9.90 Å². The summed E-state index contributed by atoms with van der Waals surface area (Å²) in [5, 5.41) is 11.8. The van der Waals surface area contributed by atoms with E-state index in [0.717, 1.165) is 16.3 Å². The van der Waals surface area contributed by atoms with Crippen LogP contribution >= 0.6 is 15.9 Å². The summed E-state index contributed by atoms with van der Waals surface area (Å²) in [6.07, 6.45) is 3.23. The highest BCUT2D eigenvalue weighted by atomic mass is 79.9. The van der Waals surface area contributed by atoms with Crippen molar-refractivity contribution in [2.75, 3.05) is 7.11 Å². The maximum absolute atomic E-state index is 12.6. The second kappa shape index (κ2) is 6.89. The molecule has 0 amide bonds. The van der Waals surface area contributed by atoms with Gasteiger partial charge >= 0.3 is 0 Å². The zero-order valence-corrected chi connectivity index (χ0v) is 14.6. The van der Waals surface area contributed by atoms with Crippen LogP contribution in [0, 0.1) is 0 Å². The molecule has 0 unspecified atom stereocenters. The van der Waals surface area contributed by atoms with Gasteiger partial charge in [0.15, 0.2) is 17.3 Å². The molecule has 0 fully saturated rings. The summed E-state index contributed by atoms with van der Waals surface area (Å²) in [5.41, 5.74) is 1.42. The largest absolute Gasteiger partial charge is 0.503 e. The highest BCUT2D eigenvalue weighted by molar-refractivity contribution is 9.10. The van der Waals surface area contributed by atoms with Gasteiger partial charge in [0.1, 0.15) is 0 Å². The molecule has 4 heteroatoms. The van der Waals surface area contributed by atoms with Gasteiger partial charge in [-0.1, -0.05) is 48.5 Å². The topological polar surface area (TPSA) is 46.5 Å². The number of benzene rings is 3. The smallest absolute Gasteiger partial charge is 0.186 e. The highest BCUT2D eigenvalue weighted by Gasteiger charge is 2.09. The number of carbonyl (C=O) groups is 1. The normalized spacial score (nSPS) is 11.1. The van der Waals surface area contributed by atoms with E-state index < -0.39 is 0 Å². The number of phenolic OH excluding ortho intramolecular Hbond substituents is 1. The second-order valence-electron chi connectivity index (χ2n) is 5.28. The van der Waals surface area contributed by atoms with Crippen molar-refractivity contribution in [3.63, 3.8) is 0 Å². The fraction of sp³-hybridized carbons (Fsp3) is 0.0500. The van der Waals surface area contributed by atoms with Gasteiger partial charge in [-0.05, 0) is 50.5 Å². The number of carbonyl (C=O) groups excluding carboxylic acids is 1. The Morgan fingerprint density at radius 1 is 1.12 bits per heavy atom. The molecular weight excluding hydrogens is 368 g/mol. The van der Waals surface area contributed by atoms with Crippen molar-refractivity contribution in [1.29, 1.82) is 0 Å². The molecule has 3 aromatic rings. The quantitative estimate of drug-likeness (QED) is 0.497. The molecule has 0 saturated carbocycles. The number of halogens is 1. The van der Waals surface area contributed by atoms with Crippen molar-refractivity contribution >= 4 is 38.6 Å². The lowest BCUT2D eigenvalue weighted by Gasteiger charge is -2.06. The van der Waals surface area contributed by atoms with Crippen LogP contribution in [0.5, 0.6) is 11.5 Å². The molecule has 0 bridgehead atoms. The van der Waals surface area contributed by atoms with E-state index >= 15 is 0 Å². The molecule has 0 aliphatic heterocycles. The summed E-state index contributed by atoms with van der Waals surface area (Å²) in [4.78, 5) is 12.6. The Bertz CT molecular complexity index is 940. The lowest BCUT2D eigenvalue weighted by atomic mass is 10.0. The summed E-state index contributed by atoms with van der Waals surface area (Å²) < 4.78 is 5.63. The molecule has 3 nitrogen and oxygen atoms in total. The Morgan fingerprint density at radius 2 is 1.88 bits per heavy atom. The lowest BCUT2D eigenvalue weighted by molar-refractivity contribution is 0.104. The number of ketones is 1. The van der Waals surface area contributed by atoms with Gasteiger partial charge in [0.25, 0.3) is 0 Å². The van der Waals surface area contributed by atoms with E-state index in [4.69, 9.17) is 4.74 Å². The molecule has 0 saturated heterocycles. The maximum atomic E-state index is 12.6. The van der Waals surface area contributed by atoms with Gasteiger partial charge in [0, 0.05) is 5.56 Å². The van der Waals surface area contributed by atoms with Gasteiger partial charge in [-0.2, -0.15) is 0 Å². The predicted molar refractivity (Wildman–Crippen MR) is 99.7 cm³/mol. The van der Waals surface area contributed by atoms with Crippen LogP contribution in [0.2, 0.25) is 0 Å². The third-order valence-electron chi connectivity index (χ3n) is 3.75. The van der Waals surface area contributed by atoms with E-state index in [1.807, 2.05) is 42.5 Å². The summed E-state index contributed by atoms with van der Waals surface area (Å²) in [6.45, 7) is 0. The number of fused-ring (bicyclic) bond motifs is 1. The third-order valence-corrected chi connectivity index (χ3v) is 4.36. The molecule has 1 N–H and O–H groups in total. The zero-order chi connectivity index (χ0) is 17.1. The highest BCUT2D eigenvalue weighted by Crippen LogP contribution is 2.35. The van der Waals surface area contributed by atoms with Gasteiger partial charge in [-0.3, -0.25) is 4.79 Å². The summed E-state index contributed by atoms with van der Waals surface area (Å²) in [6, 6.07) is 16.9.